The lowest BCUT2D eigenvalue weighted by molar-refractivity contribution is -0.137. The summed E-state index contributed by atoms with van der Waals surface area (Å²) in [5, 5.41) is 10.1. The monoisotopic (exact) mass is 474 g/mol. The van der Waals surface area contributed by atoms with Gasteiger partial charge >= 0.3 is 6.18 Å². The first-order valence-corrected chi connectivity index (χ1v) is 10.5. The van der Waals surface area contributed by atoms with E-state index in [1.165, 1.54) is 12.1 Å². The summed E-state index contributed by atoms with van der Waals surface area (Å²) in [5.74, 6) is 0.688. The van der Waals surface area contributed by atoms with Crippen LogP contribution in [0.5, 0.6) is 11.5 Å². The molecule has 0 bridgehead atoms. The number of amides is 1. The quantitative estimate of drug-likeness (QED) is 0.298. The number of H-pyrrole nitrogens is 1. The molecule has 0 fully saturated rings. The zero-order chi connectivity index (χ0) is 24.4. The third-order valence-corrected chi connectivity index (χ3v) is 5.27. The van der Waals surface area contributed by atoms with E-state index in [9.17, 15) is 18.0 Å². The maximum absolute atomic E-state index is 12.8. The van der Waals surface area contributed by atoms with E-state index in [1.54, 1.807) is 24.5 Å². The first-order valence-electron chi connectivity index (χ1n) is 10.5. The number of anilines is 1. The van der Waals surface area contributed by atoms with Crippen LogP contribution in [0.1, 0.15) is 16.1 Å². The highest BCUT2D eigenvalue weighted by Gasteiger charge is 2.30. The van der Waals surface area contributed by atoms with Crippen molar-refractivity contribution in [2.24, 2.45) is 0 Å². The second-order valence-electron chi connectivity index (χ2n) is 7.69. The number of alkyl halides is 3. The van der Waals surface area contributed by atoms with Crippen LogP contribution in [0.3, 0.4) is 0 Å². The molecule has 0 aliphatic heterocycles. The number of halogens is 3. The number of hydrogen-bond acceptors (Lipinski definition) is 4. The van der Waals surface area contributed by atoms with E-state index in [-0.39, 0.29) is 11.4 Å². The van der Waals surface area contributed by atoms with E-state index >= 15 is 0 Å². The van der Waals surface area contributed by atoms with Crippen LogP contribution in [0.15, 0.2) is 91.3 Å². The Morgan fingerprint density at radius 3 is 2.37 bits per heavy atom. The summed E-state index contributed by atoms with van der Waals surface area (Å²) >= 11 is 0. The molecule has 2 N–H and O–H groups in total. The summed E-state index contributed by atoms with van der Waals surface area (Å²) in [7, 11) is 0. The topological polar surface area (TPSA) is 79.9 Å². The molecule has 0 saturated carbocycles. The van der Waals surface area contributed by atoms with Crippen LogP contribution in [-0.2, 0) is 6.18 Å². The average Bonchev–Trinajstić information content (AvgIpc) is 3.28. The van der Waals surface area contributed by atoms with Crippen LogP contribution >= 0.6 is 0 Å². The number of para-hydroxylation sites is 1. The lowest BCUT2D eigenvalue weighted by Gasteiger charge is -2.09. The largest absolute Gasteiger partial charge is 0.456 e. The van der Waals surface area contributed by atoms with Crippen molar-refractivity contribution < 1.29 is 22.7 Å². The number of benzene rings is 3. The van der Waals surface area contributed by atoms with Crippen molar-refractivity contribution in [3.63, 3.8) is 0 Å². The second-order valence-corrected chi connectivity index (χ2v) is 7.69. The smallest absolute Gasteiger partial charge is 0.416 e. The van der Waals surface area contributed by atoms with Crippen molar-refractivity contribution in [2.75, 3.05) is 5.32 Å². The van der Waals surface area contributed by atoms with E-state index in [0.717, 1.165) is 23.3 Å². The molecule has 0 saturated heterocycles. The highest BCUT2D eigenvalue weighted by atomic mass is 19.4. The van der Waals surface area contributed by atoms with Crippen molar-refractivity contribution in [2.45, 2.75) is 6.18 Å². The first-order chi connectivity index (χ1) is 16.9. The zero-order valence-electron chi connectivity index (χ0n) is 18.0. The van der Waals surface area contributed by atoms with E-state index in [0.29, 0.717) is 22.4 Å². The molecule has 2 aromatic heterocycles. The van der Waals surface area contributed by atoms with Gasteiger partial charge in [0.1, 0.15) is 11.5 Å². The number of nitrogens with zero attached hydrogens (tertiary/aromatic N) is 2. The number of nitrogens with one attached hydrogen (secondary N) is 2. The number of pyridine rings is 1. The van der Waals surface area contributed by atoms with Gasteiger partial charge in [-0.15, -0.1) is 0 Å². The number of fused-ring (bicyclic) bond motifs is 1. The molecule has 0 atom stereocenters. The number of carbonyl (C=O) groups is 1. The lowest BCUT2D eigenvalue weighted by atomic mass is 10.0. The number of hydrogen-bond donors (Lipinski definition) is 2. The number of rotatable bonds is 5. The Bertz CT molecular complexity index is 1500. The van der Waals surface area contributed by atoms with Crippen LogP contribution in [0.4, 0.5) is 18.9 Å². The van der Waals surface area contributed by atoms with Gasteiger partial charge in [0.15, 0.2) is 5.69 Å². The fraction of sp³-hybridized carbons (Fsp3) is 0.0385. The summed E-state index contributed by atoms with van der Waals surface area (Å²) < 4.78 is 44.2. The van der Waals surface area contributed by atoms with Crippen molar-refractivity contribution in [1.82, 2.24) is 15.2 Å². The summed E-state index contributed by atoms with van der Waals surface area (Å²) in [6, 6.07) is 20.8. The molecule has 1 amide bonds. The van der Waals surface area contributed by atoms with Gasteiger partial charge in [-0.1, -0.05) is 24.3 Å². The molecule has 0 aliphatic carbocycles. The molecule has 0 aliphatic rings. The molecule has 5 rings (SSSR count). The Morgan fingerprint density at radius 2 is 1.63 bits per heavy atom. The van der Waals surface area contributed by atoms with E-state index in [1.807, 2.05) is 42.5 Å². The van der Waals surface area contributed by atoms with Gasteiger partial charge in [-0.05, 0) is 60.2 Å². The van der Waals surface area contributed by atoms with E-state index < -0.39 is 17.6 Å². The molecule has 0 radical (unpaired) electrons. The molecule has 174 valence electrons. The molecule has 35 heavy (non-hydrogen) atoms. The van der Waals surface area contributed by atoms with Crippen LogP contribution in [0.25, 0.3) is 22.0 Å². The summed E-state index contributed by atoms with van der Waals surface area (Å²) in [6.07, 6.45) is -1.16. The SMILES string of the molecule is O=C(Nc1ccc(C(F)(F)F)cc1)c1n[nH]c2ccc(-c3cncc(Oc4ccccc4)c3)cc12. The van der Waals surface area contributed by atoms with Gasteiger partial charge < -0.3 is 10.1 Å². The van der Waals surface area contributed by atoms with E-state index in [2.05, 4.69) is 20.5 Å². The Kier molecular flexibility index (Phi) is 5.66. The average molecular weight is 474 g/mol. The van der Waals surface area contributed by atoms with Gasteiger partial charge in [0, 0.05) is 22.8 Å². The Hall–Kier alpha value is -4.66. The predicted octanol–water partition coefficient (Wildman–Crippen LogP) is 6.69. The minimum atomic E-state index is -4.45. The standard InChI is InChI=1S/C26H17F3N4O2/c27-26(28,29)18-7-9-19(10-8-18)31-25(34)24-22-13-16(6-11-23(22)32-33-24)17-12-21(15-30-14-17)35-20-4-2-1-3-5-20/h1-15H,(H,31,34)(H,32,33). The first kappa shape index (κ1) is 22.1. The highest BCUT2D eigenvalue weighted by molar-refractivity contribution is 6.11. The fourth-order valence-corrected chi connectivity index (χ4v) is 3.56. The normalized spacial score (nSPS) is 11.4. The van der Waals surface area contributed by atoms with Crippen molar-refractivity contribution in [1.29, 1.82) is 0 Å². The molecular formula is C26H17F3N4O2. The summed E-state index contributed by atoms with van der Waals surface area (Å²) in [5.41, 5.74) is 1.74. The number of ether oxygens (including phenoxy) is 1. The zero-order valence-corrected chi connectivity index (χ0v) is 18.0. The third-order valence-electron chi connectivity index (χ3n) is 5.27. The van der Waals surface area contributed by atoms with Crippen LogP contribution < -0.4 is 10.1 Å². The Labute approximate surface area is 197 Å². The molecule has 6 nitrogen and oxygen atoms in total. The van der Waals surface area contributed by atoms with Crippen molar-refractivity contribution in [3.8, 4) is 22.6 Å². The molecular weight excluding hydrogens is 457 g/mol. The molecule has 9 heteroatoms. The molecule has 0 spiro atoms. The van der Waals surface area contributed by atoms with Gasteiger partial charge in [0.25, 0.3) is 5.91 Å². The Balaban J connectivity index is 1.40. The molecule has 2 heterocycles. The van der Waals surface area contributed by atoms with Gasteiger partial charge in [-0.2, -0.15) is 18.3 Å². The maximum Gasteiger partial charge on any atom is 0.416 e. The lowest BCUT2D eigenvalue weighted by Crippen LogP contribution is -2.13. The predicted molar refractivity (Wildman–Crippen MR) is 125 cm³/mol. The van der Waals surface area contributed by atoms with Crippen LogP contribution in [0.2, 0.25) is 0 Å². The van der Waals surface area contributed by atoms with Crippen molar-refractivity contribution >= 4 is 22.5 Å². The van der Waals surface area contributed by atoms with Gasteiger partial charge in [-0.3, -0.25) is 14.9 Å². The summed E-state index contributed by atoms with van der Waals surface area (Å²) in [4.78, 5) is 17.1. The second kappa shape index (κ2) is 8.94. The Morgan fingerprint density at radius 1 is 0.857 bits per heavy atom. The van der Waals surface area contributed by atoms with Gasteiger partial charge in [0.05, 0.1) is 17.3 Å². The minimum absolute atomic E-state index is 0.117. The van der Waals surface area contributed by atoms with Crippen molar-refractivity contribution in [3.05, 3.63) is 103 Å². The third kappa shape index (κ3) is 4.84. The van der Waals surface area contributed by atoms with Crippen LogP contribution in [-0.4, -0.2) is 21.1 Å². The minimum Gasteiger partial charge on any atom is -0.456 e. The number of carbonyl (C=O) groups excluding carboxylic acids is 1. The fourth-order valence-electron chi connectivity index (χ4n) is 3.56. The van der Waals surface area contributed by atoms with Gasteiger partial charge in [-0.25, -0.2) is 0 Å². The van der Waals surface area contributed by atoms with Gasteiger partial charge in [0.2, 0.25) is 0 Å². The number of aromatic amines is 1. The maximum atomic E-state index is 12.8. The molecule has 5 aromatic rings. The number of aromatic nitrogens is 3. The van der Waals surface area contributed by atoms with Crippen LogP contribution in [0, 0.1) is 0 Å². The summed E-state index contributed by atoms with van der Waals surface area (Å²) in [6.45, 7) is 0. The highest BCUT2D eigenvalue weighted by Crippen LogP contribution is 2.31. The van der Waals surface area contributed by atoms with E-state index in [4.69, 9.17) is 4.74 Å². The molecule has 0 unspecified atom stereocenters. The molecule has 3 aromatic carbocycles.